The number of ether oxygens (including phenoxy) is 1. The minimum absolute atomic E-state index is 0.0375. The molecule has 0 saturated carbocycles. The molecule has 0 spiro atoms. The van der Waals surface area contributed by atoms with Gasteiger partial charge in [-0.15, -0.1) is 0 Å². The van der Waals surface area contributed by atoms with Crippen LogP contribution in [0.15, 0.2) is 18.2 Å². The molecule has 0 aliphatic carbocycles. The van der Waals surface area contributed by atoms with E-state index < -0.39 is 5.82 Å². The number of carbonyl (C=O) groups excluding carboxylic acids is 1. The Kier molecular flexibility index (Phi) is 4.52. The van der Waals surface area contributed by atoms with Gasteiger partial charge in [-0.3, -0.25) is 4.79 Å². The van der Waals surface area contributed by atoms with Gasteiger partial charge in [-0.05, 0) is 25.1 Å². The van der Waals surface area contributed by atoms with E-state index in [2.05, 4.69) is 5.32 Å². The fourth-order valence-electron chi connectivity index (χ4n) is 0.972. The lowest BCUT2D eigenvalue weighted by Gasteiger charge is -2.06. The second kappa shape index (κ2) is 5.68. The molecule has 0 atom stereocenters. The van der Waals surface area contributed by atoms with Gasteiger partial charge in [0.25, 0.3) is 0 Å². The minimum Gasteiger partial charge on any atom is -0.372 e. The average Bonchev–Trinajstić information content (AvgIpc) is 2.19. The second-order valence-electron chi connectivity index (χ2n) is 2.81. The first-order valence-corrected chi connectivity index (χ1v) is 4.84. The molecule has 1 N–H and O–H groups in total. The fourth-order valence-corrected chi connectivity index (χ4v) is 1.19. The minimum atomic E-state index is -0.442. The van der Waals surface area contributed by atoms with E-state index in [0.717, 1.165) is 6.07 Å². The molecular weight excluding hydrogens is 221 g/mol. The molecule has 1 amide bonds. The van der Waals surface area contributed by atoms with Crippen molar-refractivity contribution in [2.75, 3.05) is 18.5 Å². The summed E-state index contributed by atoms with van der Waals surface area (Å²) in [7, 11) is 0. The summed E-state index contributed by atoms with van der Waals surface area (Å²) in [5.41, 5.74) is 0.378. The van der Waals surface area contributed by atoms with E-state index in [1.165, 1.54) is 12.1 Å². The van der Waals surface area contributed by atoms with Gasteiger partial charge in [0.15, 0.2) is 0 Å². The van der Waals surface area contributed by atoms with Gasteiger partial charge in [0.05, 0.1) is 10.7 Å². The van der Waals surface area contributed by atoms with Gasteiger partial charge in [-0.2, -0.15) is 0 Å². The second-order valence-corrected chi connectivity index (χ2v) is 3.22. The summed E-state index contributed by atoms with van der Waals surface area (Å²) in [6, 6.07) is 3.77. The molecule has 82 valence electrons. The van der Waals surface area contributed by atoms with E-state index in [1.807, 2.05) is 0 Å². The first-order valence-electron chi connectivity index (χ1n) is 4.46. The molecule has 0 aliphatic rings. The van der Waals surface area contributed by atoms with Crippen molar-refractivity contribution < 1.29 is 13.9 Å². The smallest absolute Gasteiger partial charge is 0.250 e. The topological polar surface area (TPSA) is 38.3 Å². The molecule has 1 aromatic carbocycles. The van der Waals surface area contributed by atoms with E-state index in [0.29, 0.717) is 12.3 Å². The van der Waals surface area contributed by atoms with Crippen LogP contribution in [0.5, 0.6) is 0 Å². The number of rotatable bonds is 4. The third-order valence-electron chi connectivity index (χ3n) is 1.64. The quantitative estimate of drug-likeness (QED) is 0.865. The van der Waals surface area contributed by atoms with Crippen LogP contribution in [0.3, 0.4) is 0 Å². The maximum atomic E-state index is 12.7. The van der Waals surface area contributed by atoms with Crippen molar-refractivity contribution >= 4 is 23.2 Å². The molecule has 0 aromatic heterocycles. The van der Waals surface area contributed by atoms with Gasteiger partial charge in [0.2, 0.25) is 5.91 Å². The highest BCUT2D eigenvalue weighted by Gasteiger charge is 2.06. The van der Waals surface area contributed by atoms with Crippen molar-refractivity contribution in [2.45, 2.75) is 6.92 Å². The Labute approximate surface area is 92.2 Å². The van der Waals surface area contributed by atoms with Gasteiger partial charge < -0.3 is 10.1 Å². The molecule has 1 aromatic rings. The van der Waals surface area contributed by atoms with Crippen LogP contribution < -0.4 is 5.32 Å². The molecule has 0 heterocycles. The molecule has 0 saturated heterocycles. The van der Waals surface area contributed by atoms with Crippen LogP contribution in [-0.2, 0) is 9.53 Å². The lowest BCUT2D eigenvalue weighted by molar-refractivity contribution is -0.120. The van der Waals surface area contributed by atoms with Gasteiger partial charge in [-0.1, -0.05) is 11.6 Å². The van der Waals surface area contributed by atoms with Crippen molar-refractivity contribution in [3.05, 3.63) is 29.0 Å². The Bertz CT molecular complexity index is 357. The average molecular weight is 232 g/mol. The number of amides is 1. The van der Waals surface area contributed by atoms with Crippen LogP contribution in [0, 0.1) is 5.82 Å². The van der Waals surface area contributed by atoms with Gasteiger partial charge in [0.1, 0.15) is 12.4 Å². The fraction of sp³-hybridized carbons (Fsp3) is 0.300. The largest absolute Gasteiger partial charge is 0.372 e. The Balaban J connectivity index is 2.60. The molecule has 15 heavy (non-hydrogen) atoms. The maximum Gasteiger partial charge on any atom is 0.250 e. The Morgan fingerprint density at radius 1 is 1.60 bits per heavy atom. The predicted octanol–water partition coefficient (Wildman–Crippen LogP) is 2.45. The van der Waals surface area contributed by atoms with E-state index in [-0.39, 0.29) is 17.5 Å². The summed E-state index contributed by atoms with van der Waals surface area (Å²) in [4.78, 5) is 11.2. The summed E-state index contributed by atoms with van der Waals surface area (Å²) in [6.07, 6.45) is 0. The van der Waals surface area contributed by atoms with Crippen LogP contribution in [0.25, 0.3) is 0 Å². The van der Waals surface area contributed by atoms with Gasteiger partial charge in [-0.25, -0.2) is 4.39 Å². The van der Waals surface area contributed by atoms with Crippen molar-refractivity contribution in [1.29, 1.82) is 0 Å². The van der Waals surface area contributed by atoms with E-state index in [9.17, 15) is 9.18 Å². The third-order valence-corrected chi connectivity index (χ3v) is 1.96. The normalized spacial score (nSPS) is 10.1. The molecule has 3 nitrogen and oxygen atoms in total. The number of nitrogens with one attached hydrogen (secondary N) is 1. The van der Waals surface area contributed by atoms with E-state index in [4.69, 9.17) is 16.3 Å². The first-order chi connectivity index (χ1) is 7.13. The molecule has 0 fully saturated rings. The first kappa shape index (κ1) is 11.9. The summed E-state index contributed by atoms with van der Waals surface area (Å²) in [5, 5.41) is 2.68. The van der Waals surface area contributed by atoms with Crippen molar-refractivity contribution in [3.8, 4) is 0 Å². The Morgan fingerprint density at radius 2 is 2.33 bits per heavy atom. The van der Waals surface area contributed by atoms with Gasteiger partial charge in [0, 0.05) is 6.61 Å². The summed E-state index contributed by atoms with van der Waals surface area (Å²) >= 11 is 5.71. The lowest BCUT2D eigenvalue weighted by Crippen LogP contribution is -2.18. The Morgan fingerprint density at radius 3 is 2.93 bits per heavy atom. The van der Waals surface area contributed by atoms with Crippen LogP contribution in [0.4, 0.5) is 10.1 Å². The summed E-state index contributed by atoms with van der Waals surface area (Å²) in [5.74, 6) is -0.756. The molecule has 0 aliphatic heterocycles. The standard InChI is InChI=1S/C10H11ClFNO2/c1-2-15-6-10(14)13-9-4-3-7(12)5-8(9)11/h3-5H,2,6H2,1H3,(H,13,14). The zero-order valence-corrected chi connectivity index (χ0v) is 8.97. The number of halogens is 2. The zero-order chi connectivity index (χ0) is 11.3. The monoisotopic (exact) mass is 231 g/mol. The lowest BCUT2D eigenvalue weighted by atomic mass is 10.3. The van der Waals surface area contributed by atoms with Crippen LogP contribution >= 0.6 is 11.6 Å². The van der Waals surface area contributed by atoms with Crippen molar-refractivity contribution in [2.24, 2.45) is 0 Å². The highest BCUT2D eigenvalue weighted by atomic mass is 35.5. The zero-order valence-electron chi connectivity index (χ0n) is 8.22. The molecule has 5 heteroatoms. The number of anilines is 1. The molecule has 0 unspecified atom stereocenters. The highest BCUT2D eigenvalue weighted by molar-refractivity contribution is 6.33. The van der Waals surface area contributed by atoms with Crippen LogP contribution in [0.2, 0.25) is 5.02 Å². The van der Waals surface area contributed by atoms with Gasteiger partial charge >= 0.3 is 0 Å². The summed E-state index contributed by atoms with van der Waals surface area (Å²) in [6.45, 7) is 2.22. The molecule has 1 rings (SSSR count). The highest BCUT2D eigenvalue weighted by Crippen LogP contribution is 2.22. The van der Waals surface area contributed by atoms with Crippen molar-refractivity contribution in [1.82, 2.24) is 0 Å². The molecule has 0 radical (unpaired) electrons. The van der Waals surface area contributed by atoms with Crippen molar-refractivity contribution in [3.63, 3.8) is 0 Å². The number of carbonyl (C=O) groups is 1. The third kappa shape index (κ3) is 3.85. The van der Waals surface area contributed by atoms with Crippen LogP contribution in [0.1, 0.15) is 6.92 Å². The van der Waals surface area contributed by atoms with E-state index in [1.54, 1.807) is 6.92 Å². The Hall–Kier alpha value is -1.13. The predicted molar refractivity (Wildman–Crippen MR) is 56.5 cm³/mol. The number of benzene rings is 1. The number of hydrogen-bond donors (Lipinski definition) is 1. The van der Waals surface area contributed by atoms with Crippen LogP contribution in [-0.4, -0.2) is 19.1 Å². The maximum absolute atomic E-state index is 12.7. The molecular formula is C10H11ClFNO2. The van der Waals surface area contributed by atoms with E-state index >= 15 is 0 Å². The summed E-state index contributed by atoms with van der Waals surface area (Å²) < 4.78 is 17.6. The molecule has 0 bridgehead atoms. The SMILES string of the molecule is CCOCC(=O)Nc1ccc(F)cc1Cl. The number of hydrogen-bond acceptors (Lipinski definition) is 2.